The summed E-state index contributed by atoms with van der Waals surface area (Å²) in [4.78, 5) is 0. The summed E-state index contributed by atoms with van der Waals surface area (Å²) in [6.07, 6.45) is 7.37. The summed E-state index contributed by atoms with van der Waals surface area (Å²) in [6.45, 7) is 2.79. The smallest absolute Gasteiger partial charge is 0.195 e. The molecule has 0 aromatic heterocycles. The number of nitrogens with zero attached hydrogens (tertiary/aromatic N) is 2. The highest BCUT2D eigenvalue weighted by molar-refractivity contribution is 7.86. The van der Waals surface area contributed by atoms with E-state index >= 15 is 0 Å². The first kappa shape index (κ1) is 16.5. The molecule has 0 bridgehead atoms. The summed E-state index contributed by atoms with van der Waals surface area (Å²) < 4.78 is 29.1. The third-order valence-corrected chi connectivity index (χ3v) is 7.37. The van der Waals surface area contributed by atoms with Crippen molar-refractivity contribution in [3.63, 3.8) is 0 Å². The standard InChI is InChI=1S/C14H27ClN2O2S/c1-12-7-3-4-9-14(12)16(2)20(18,19)17-10-6-5-8-13(17)11-15/h12-14H,3-11H2,1-2H3. The summed E-state index contributed by atoms with van der Waals surface area (Å²) in [5, 5.41) is 0. The fourth-order valence-electron chi connectivity index (χ4n) is 3.61. The molecule has 1 saturated heterocycles. The highest BCUT2D eigenvalue weighted by atomic mass is 35.5. The van der Waals surface area contributed by atoms with Gasteiger partial charge in [0.25, 0.3) is 10.2 Å². The van der Waals surface area contributed by atoms with Gasteiger partial charge in [-0.05, 0) is 31.6 Å². The quantitative estimate of drug-likeness (QED) is 0.747. The second-order valence-corrected chi connectivity index (χ2v) is 8.52. The van der Waals surface area contributed by atoms with E-state index < -0.39 is 10.2 Å². The van der Waals surface area contributed by atoms with Gasteiger partial charge in [0.1, 0.15) is 0 Å². The molecule has 20 heavy (non-hydrogen) atoms. The van der Waals surface area contributed by atoms with Crippen molar-refractivity contribution in [2.24, 2.45) is 5.92 Å². The minimum atomic E-state index is -3.37. The number of piperidine rings is 1. The van der Waals surface area contributed by atoms with Crippen LogP contribution in [0, 0.1) is 5.92 Å². The number of alkyl halides is 1. The Balaban J connectivity index is 2.15. The van der Waals surface area contributed by atoms with Gasteiger partial charge in [-0.15, -0.1) is 11.6 Å². The van der Waals surface area contributed by atoms with E-state index in [-0.39, 0.29) is 12.1 Å². The van der Waals surface area contributed by atoms with Crippen molar-refractivity contribution < 1.29 is 8.42 Å². The Hall–Kier alpha value is 0.160. The molecule has 2 rings (SSSR count). The Morgan fingerprint density at radius 1 is 1.15 bits per heavy atom. The van der Waals surface area contributed by atoms with E-state index in [1.807, 2.05) is 0 Å². The predicted octanol–water partition coefficient (Wildman–Crippen LogP) is 2.84. The van der Waals surface area contributed by atoms with Crippen LogP contribution in [-0.4, -0.2) is 48.6 Å². The van der Waals surface area contributed by atoms with Gasteiger partial charge in [0.2, 0.25) is 0 Å². The van der Waals surface area contributed by atoms with Crippen molar-refractivity contribution in [3.8, 4) is 0 Å². The summed E-state index contributed by atoms with van der Waals surface area (Å²) in [5.74, 6) is 0.843. The first-order chi connectivity index (χ1) is 9.48. The van der Waals surface area contributed by atoms with Gasteiger partial charge in [0, 0.05) is 31.6 Å². The van der Waals surface area contributed by atoms with Gasteiger partial charge in [0.05, 0.1) is 0 Å². The van der Waals surface area contributed by atoms with Crippen molar-refractivity contribution in [1.82, 2.24) is 8.61 Å². The highest BCUT2D eigenvalue weighted by Gasteiger charge is 2.39. The van der Waals surface area contributed by atoms with Gasteiger partial charge in [-0.25, -0.2) is 0 Å². The van der Waals surface area contributed by atoms with E-state index in [4.69, 9.17) is 11.6 Å². The zero-order valence-corrected chi connectivity index (χ0v) is 14.2. The maximum Gasteiger partial charge on any atom is 0.282 e. The molecule has 0 aromatic rings. The summed E-state index contributed by atoms with van der Waals surface area (Å²) in [5.41, 5.74) is 0. The molecule has 2 aliphatic rings. The van der Waals surface area contributed by atoms with Crippen LogP contribution < -0.4 is 0 Å². The van der Waals surface area contributed by atoms with Crippen LogP contribution in [0.4, 0.5) is 0 Å². The first-order valence-corrected chi connectivity index (χ1v) is 9.72. The molecule has 1 aliphatic carbocycles. The molecule has 0 radical (unpaired) electrons. The van der Waals surface area contributed by atoms with E-state index in [1.54, 1.807) is 15.7 Å². The molecule has 0 N–H and O–H groups in total. The third kappa shape index (κ3) is 3.32. The molecule has 0 spiro atoms. The van der Waals surface area contributed by atoms with Crippen LogP contribution in [-0.2, 0) is 10.2 Å². The summed E-state index contributed by atoms with van der Waals surface area (Å²) in [6, 6.07) is 0.114. The van der Waals surface area contributed by atoms with E-state index in [9.17, 15) is 8.42 Å². The lowest BCUT2D eigenvalue weighted by molar-refractivity contribution is 0.187. The molecule has 1 saturated carbocycles. The number of hydrogen-bond donors (Lipinski definition) is 0. The number of hydrogen-bond acceptors (Lipinski definition) is 2. The van der Waals surface area contributed by atoms with Crippen molar-refractivity contribution in [3.05, 3.63) is 0 Å². The zero-order valence-electron chi connectivity index (χ0n) is 12.6. The molecule has 1 aliphatic heterocycles. The Bertz CT molecular complexity index is 415. The number of rotatable bonds is 4. The molecule has 3 unspecified atom stereocenters. The Morgan fingerprint density at radius 2 is 1.80 bits per heavy atom. The van der Waals surface area contributed by atoms with E-state index in [0.29, 0.717) is 18.3 Å². The lowest BCUT2D eigenvalue weighted by atomic mass is 9.86. The molecule has 2 fully saturated rings. The van der Waals surface area contributed by atoms with Gasteiger partial charge in [-0.1, -0.05) is 26.2 Å². The zero-order chi connectivity index (χ0) is 14.8. The average Bonchev–Trinajstić information content (AvgIpc) is 2.47. The summed E-state index contributed by atoms with van der Waals surface area (Å²) >= 11 is 5.98. The van der Waals surface area contributed by atoms with Crippen molar-refractivity contribution in [1.29, 1.82) is 0 Å². The normalized spacial score (nSPS) is 33.5. The van der Waals surface area contributed by atoms with E-state index in [2.05, 4.69) is 6.92 Å². The SMILES string of the molecule is CC1CCCCC1N(C)S(=O)(=O)N1CCCCC1CCl. The van der Waals surface area contributed by atoms with Crippen molar-refractivity contribution in [2.45, 2.75) is 64.0 Å². The Morgan fingerprint density at radius 3 is 2.45 bits per heavy atom. The largest absolute Gasteiger partial charge is 0.282 e. The van der Waals surface area contributed by atoms with Gasteiger partial charge in [0.15, 0.2) is 0 Å². The molecule has 0 amide bonds. The molecule has 6 heteroatoms. The van der Waals surface area contributed by atoms with Crippen LogP contribution in [0.1, 0.15) is 51.9 Å². The molecular formula is C14H27ClN2O2S. The molecule has 4 nitrogen and oxygen atoms in total. The second-order valence-electron chi connectivity index (χ2n) is 6.27. The van der Waals surface area contributed by atoms with Crippen LogP contribution in [0.15, 0.2) is 0 Å². The van der Waals surface area contributed by atoms with Crippen LogP contribution in [0.25, 0.3) is 0 Å². The molecule has 118 valence electrons. The Kier molecular flexibility index (Phi) is 5.74. The van der Waals surface area contributed by atoms with Gasteiger partial charge in [-0.2, -0.15) is 17.0 Å². The predicted molar refractivity (Wildman–Crippen MR) is 83.2 cm³/mol. The lowest BCUT2D eigenvalue weighted by Gasteiger charge is -2.41. The maximum absolute atomic E-state index is 12.9. The van der Waals surface area contributed by atoms with E-state index in [1.165, 1.54) is 6.42 Å². The molecule has 3 atom stereocenters. The molecule has 1 heterocycles. The number of halogens is 1. The van der Waals surface area contributed by atoms with Gasteiger partial charge in [-0.3, -0.25) is 0 Å². The molecular weight excluding hydrogens is 296 g/mol. The van der Waals surface area contributed by atoms with E-state index in [0.717, 1.165) is 38.5 Å². The van der Waals surface area contributed by atoms with Gasteiger partial charge < -0.3 is 0 Å². The summed E-state index contributed by atoms with van der Waals surface area (Å²) in [7, 11) is -1.62. The average molecular weight is 323 g/mol. The first-order valence-electron chi connectivity index (χ1n) is 7.79. The fourth-order valence-corrected chi connectivity index (χ4v) is 5.91. The minimum Gasteiger partial charge on any atom is -0.195 e. The third-order valence-electron chi connectivity index (χ3n) is 4.94. The van der Waals surface area contributed by atoms with Crippen LogP contribution in [0.5, 0.6) is 0 Å². The minimum absolute atomic E-state index is 0.0308. The van der Waals surface area contributed by atoms with Crippen LogP contribution >= 0.6 is 11.6 Å². The van der Waals surface area contributed by atoms with Gasteiger partial charge >= 0.3 is 0 Å². The topological polar surface area (TPSA) is 40.6 Å². The second kappa shape index (κ2) is 6.95. The lowest BCUT2D eigenvalue weighted by Crippen LogP contribution is -2.54. The molecule has 0 aromatic carbocycles. The van der Waals surface area contributed by atoms with Crippen LogP contribution in [0.3, 0.4) is 0 Å². The van der Waals surface area contributed by atoms with Crippen molar-refractivity contribution in [2.75, 3.05) is 19.5 Å². The monoisotopic (exact) mass is 322 g/mol. The van der Waals surface area contributed by atoms with Crippen LogP contribution in [0.2, 0.25) is 0 Å². The fraction of sp³-hybridized carbons (Fsp3) is 1.00. The highest BCUT2D eigenvalue weighted by Crippen LogP contribution is 2.31. The maximum atomic E-state index is 12.9. The van der Waals surface area contributed by atoms with Crippen molar-refractivity contribution >= 4 is 21.8 Å². The Labute approximate surface area is 128 Å².